The van der Waals surface area contributed by atoms with E-state index in [1.807, 2.05) is 10.7 Å². The molecule has 0 radical (unpaired) electrons. The molecule has 1 fully saturated rings. The summed E-state index contributed by atoms with van der Waals surface area (Å²) in [6.45, 7) is 6.34. The van der Waals surface area contributed by atoms with Gasteiger partial charge in [0.05, 0.1) is 5.69 Å². The molecule has 1 N–H and O–H groups in total. The van der Waals surface area contributed by atoms with Crippen LogP contribution in [-0.4, -0.2) is 40.2 Å². The molecule has 3 rings (SSSR count). The van der Waals surface area contributed by atoms with Gasteiger partial charge in [-0.2, -0.15) is 5.10 Å². The summed E-state index contributed by atoms with van der Waals surface area (Å²) < 4.78 is 2.04. The maximum atomic E-state index is 11.1. The van der Waals surface area contributed by atoms with E-state index in [9.17, 15) is 4.79 Å². The van der Waals surface area contributed by atoms with E-state index in [0.29, 0.717) is 5.92 Å². The van der Waals surface area contributed by atoms with Crippen LogP contribution in [0.15, 0.2) is 42.6 Å². The number of nitrogens with zero attached hydrogens (tertiary/aromatic N) is 3. The van der Waals surface area contributed by atoms with Gasteiger partial charge in [0.15, 0.2) is 0 Å². The van der Waals surface area contributed by atoms with Crippen molar-refractivity contribution in [1.82, 2.24) is 20.0 Å². The minimum Gasteiger partial charge on any atom is -0.356 e. The first kappa shape index (κ1) is 17.7. The molecule has 1 aromatic heterocycles. The second kappa shape index (κ2) is 8.81. The molecule has 1 aromatic carbocycles. The van der Waals surface area contributed by atoms with Gasteiger partial charge in [0.25, 0.3) is 0 Å². The summed E-state index contributed by atoms with van der Waals surface area (Å²) >= 11 is 0. The van der Waals surface area contributed by atoms with E-state index in [4.69, 9.17) is 5.10 Å². The third kappa shape index (κ3) is 5.71. The van der Waals surface area contributed by atoms with E-state index in [-0.39, 0.29) is 5.91 Å². The number of carbonyl (C=O) groups is 1. The number of aryl methyl sites for hydroxylation is 2. The van der Waals surface area contributed by atoms with Crippen LogP contribution in [0.5, 0.6) is 0 Å². The fourth-order valence-electron chi connectivity index (χ4n) is 3.48. The molecular weight excluding hydrogens is 312 g/mol. The van der Waals surface area contributed by atoms with Crippen molar-refractivity contribution in [2.75, 3.05) is 19.6 Å². The Kier molecular flexibility index (Phi) is 6.23. The minimum atomic E-state index is 0.0642. The lowest BCUT2D eigenvalue weighted by atomic mass is 9.98. The maximum absolute atomic E-state index is 11.1. The van der Waals surface area contributed by atoms with Gasteiger partial charge in [-0.3, -0.25) is 14.4 Å². The Hall–Kier alpha value is -2.14. The van der Waals surface area contributed by atoms with Gasteiger partial charge in [-0.15, -0.1) is 0 Å². The van der Waals surface area contributed by atoms with Crippen molar-refractivity contribution in [3.8, 4) is 0 Å². The molecule has 2 heterocycles. The van der Waals surface area contributed by atoms with Crippen LogP contribution in [0.3, 0.4) is 0 Å². The van der Waals surface area contributed by atoms with E-state index >= 15 is 0 Å². The van der Waals surface area contributed by atoms with Gasteiger partial charge in [0, 0.05) is 39.3 Å². The highest BCUT2D eigenvalue weighted by Gasteiger charge is 2.20. The number of amides is 1. The molecule has 5 heteroatoms. The first-order valence-electron chi connectivity index (χ1n) is 9.22. The molecule has 0 spiro atoms. The smallest absolute Gasteiger partial charge is 0.216 e. The summed E-state index contributed by atoms with van der Waals surface area (Å²) in [7, 11) is 0. The predicted octanol–water partition coefficient (Wildman–Crippen LogP) is 2.47. The highest BCUT2D eigenvalue weighted by atomic mass is 16.1. The molecule has 1 aliphatic rings. The SMILES string of the molecule is CC(=O)NCC1CCCN(Cc2ccn(CCc3ccccc3)n2)C1. The first-order chi connectivity index (χ1) is 12.2. The van der Waals surface area contributed by atoms with E-state index in [0.717, 1.165) is 44.8 Å². The van der Waals surface area contributed by atoms with Crippen molar-refractivity contribution in [2.45, 2.75) is 39.3 Å². The third-order valence-corrected chi connectivity index (χ3v) is 4.80. The average molecular weight is 340 g/mol. The largest absolute Gasteiger partial charge is 0.356 e. The van der Waals surface area contributed by atoms with Crippen LogP contribution in [0.2, 0.25) is 0 Å². The number of benzene rings is 1. The normalized spacial score (nSPS) is 18.2. The molecule has 1 aliphatic heterocycles. The monoisotopic (exact) mass is 340 g/mol. The Balaban J connectivity index is 1.46. The zero-order chi connectivity index (χ0) is 17.5. The van der Waals surface area contributed by atoms with Crippen LogP contribution in [0.1, 0.15) is 31.0 Å². The molecule has 1 amide bonds. The molecule has 0 saturated carbocycles. The molecule has 1 saturated heterocycles. The lowest BCUT2D eigenvalue weighted by Crippen LogP contribution is -2.40. The van der Waals surface area contributed by atoms with Crippen molar-refractivity contribution < 1.29 is 4.79 Å². The molecule has 2 aromatic rings. The van der Waals surface area contributed by atoms with Gasteiger partial charge in [-0.05, 0) is 43.4 Å². The van der Waals surface area contributed by atoms with Crippen molar-refractivity contribution >= 4 is 5.91 Å². The molecule has 1 unspecified atom stereocenters. The topological polar surface area (TPSA) is 50.2 Å². The van der Waals surface area contributed by atoms with Crippen LogP contribution >= 0.6 is 0 Å². The number of nitrogens with one attached hydrogen (secondary N) is 1. The highest BCUT2D eigenvalue weighted by molar-refractivity contribution is 5.72. The lowest BCUT2D eigenvalue weighted by Gasteiger charge is -2.32. The fraction of sp³-hybridized carbons (Fsp3) is 0.500. The number of likely N-dealkylation sites (tertiary alicyclic amines) is 1. The van der Waals surface area contributed by atoms with Crippen molar-refractivity contribution in [1.29, 1.82) is 0 Å². The van der Waals surface area contributed by atoms with Gasteiger partial charge in [0.2, 0.25) is 5.91 Å². The summed E-state index contributed by atoms with van der Waals surface area (Å²) in [5.74, 6) is 0.618. The number of hydrogen-bond acceptors (Lipinski definition) is 3. The van der Waals surface area contributed by atoms with Crippen LogP contribution in [0, 0.1) is 5.92 Å². The molecule has 134 valence electrons. The van der Waals surface area contributed by atoms with Gasteiger partial charge >= 0.3 is 0 Å². The Labute approximate surface area is 150 Å². The second-order valence-corrected chi connectivity index (χ2v) is 6.99. The summed E-state index contributed by atoms with van der Waals surface area (Å²) in [6, 6.07) is 12.7. The number of piperidine rings is 1. The molecule has 0 aliphatic carbocycles. The van der Waals surface area contributed by atoms with Crippen molar-refractivity contribution in [3.63, 3.8) is 0 Å². The van der Waals surface area contributed by atoms with Crippen LogP contribution in [0.25, 0.3) is 0 Å². The molecule has 0 bridgehead atoms. The van der Waals surface area contributed by atoms with E-state index in [2.05, 4.69) is 46.7 Å². The zero-order valence-electron chi connectivity index (χ0n) is 15.0. The number of rotatable bonds is 7. The summed E-state index contributed by atoms with van der Waals surface area (Å²) in [5.41, 5.74) is 2.48. The summed E-state index contributed by atoms with van der Waals surface area (Å²) in [4.78, 5) is 13.5. The Bertz CT molecular complexity index is 667. The van der Waals surface area contributed by atoms with Crippen LogP contribution in [0.4, 0.5) is 0 Å². The van der Waals surface area contributed by atoms with Gasteiger partial charge in [0.1, 0.15) is 0 Å². The molecule has 5 nitrogen and oxygen atoms in total. The quantitative estimate of drug-likeness (QED) is 0.842. The zero-order valence-corrected chi connectivity index (χ0v) is 15.0. The second-order valence-electron chi connectivity index (χ2n) is 6.99. The predicted molar refractivity (Wildman–Crippen MR) is 99.1 cm³/mol. The van der Waals surface area contributed by atoms with Crippen molar-refractivity contribution in [3.05, 3.63) is 53.9 Å². The first-order valence-corrected chi connectivity index (χ1v) is 9.22. The molecular formula is C20H28N4O. The third-order valence-electron chi connectivity index (χ3n) is 4.80. The fourth-order valence-corrected chi connectivity index (χ4v) is 3.48. The Morgan fingerprint density at radius 1 is 1.28 bits per heavy atom. The number of aromatic nitrogens is 2. The molecule has 1 atom stereocenters. The van der Waals surface area contributed by atoms with E-state index in [1.54, 1.807) is 6.92 Å². The van der Waals surface area contributed by atoms with Crippen molar-refractivity contribution in [2.24, 2.45) is 5.92 Å². The summed E-state index contributed by atoms with van der Waals surface area (Å²) in [5, 5.41) is 7.67. The molecule has 25 heavy (non-hydrogen) atoms. The van der Waals surface area contributed by atoms with E-state index < -0.39 is 0 Å². The minimum absolute atomic E-state index is 0.0642. The average Bonchev–Trinajstić information content (AvgIpc) is 3.07. The highest BCUT2D eigenvalue weighted by Crippen LogP contribution is 2.17. The Morgan fingerprint density at radius 3 is 2.92 bits per heavy atom. The van der Waals surface area contributed by atoms with E-state index in [1.165, 1.54) is 18.4 Å². The van der Waals surface area contributed by atoms with Crippen LogP contribution in [-0.2, 0) is 24.3 Å². The van der Waals surface area contributed by atoms with Gasteiger partial charge in [-0.1, -0.05) is 30.3 Å². The van der Waals surface area contributed by atoms with Gasteiger partial charge in [-0.25, -0.2) is 0 Å². The Morgan fingerprint density at radius 2 is 2.12 bits per heavy atom. The lowest BCUT2D eigenvalue weighted by molar-refractivity contribution is -0.119. The maximum Gasteiger partial charge on any atom is 0.216 e. The van der Waals surface area contributed by atoms with Crippen LogP contribution < -0.4 is 5.32 Å². The number of hydrogen-bond donors (Lipinski definition) is 1. The standard InChI is InChI=1S/C20H28N4O/c1-17(25)21-14-19-8-5-11-23(15-19)16-20-10-13-24(22-20)12-9-18-6-3-2-4-7-18/h2-4,6-7,10,13,19H,5,8-9,11-12,14-16H2,1H3,(H,21,25). The number of carbonyl (C=O) groups excluding carboxylic acids is 1. The summed E-state index contributed by atoms with van der Waals surface area (Å²) in [6.07, 6.45) is 5.47. The van der Waals surface area contributed by atoms with Gasteiger partial charge < -0.3 is 5.32 Å².